The first-order valence-corrected chi connectivity index (χ1v) is 7.08. The summed E-state index contributed by atoms with van der Waals surface area (Å²) < 4.78 is 31.4. The molecule has 110 valence electrons. The van der Waals surface area contributed by atoms with E-state index in [-0.39, 0.29) is 12.1 Å². The average Bonchev–Trinajstić information content (AvgIpc) is 2.18. The average molecular weight is 286 g/mol. The number of aliphatic hydroxyl groups excluding tert-OH is 2. The number of piperazine rings is 1. The van der Waals surface area contributed by atoms with E-state index < -0.39 is 21.6 Å². The molecule has 1 heterocycles. The molecule has 0 aliphatic carbocycles. The quantitative estimate of drug-likeness (QED) is 0.471. The summed E-state index contributed by atoms with van der Waals surface area (Å²) in [7, 11) is -4.29. The fraction of sp³-hybridized carbons (Fsp3) is 1.00. The molecule has 0 aromatic heterocycles. The van der Waals surface area contributed by atoms with Gasteiger partial charge in [0.2, 0.25) is 0 Å². The van der Waals surface area contributed by atoms with Crippen molar-refractivity contribution in [1.29, 1.82) is 0 Å². The lowest BCUT2D eigenvalue weighted by molar-refractivity contribution is 0.0526. The van der Waals surface area contributed by atoms with Crippen LogP contribution in [0.3, 0.4) is 0 Å². The van der Waals surface area contributed by atoms with Crippen LogP contribution in [0.1, 0.15) is 6.92 Å². The molecule has 0 bridgehead atoms. The van der Waals surface area contributed by atoms with Crippen LogP contribution >= 0.6 is 0 Å². The Kier molecular flexibility index (Phi) is 7.22. The highest BCUT2D eigenvalue weighted by atomic mass is 32.2. The highest BCUT2D eigenvalue weighted by Crippen LogP contribution is 2.14. The lowest BCUT2D eigenvalue weighted by Gasteiger charge is -2.38. The van der Waals surface area contributed by atoms with Crippen molar-refractivity contribution in [1.82, 2.24) is 9.80 Å². The van der Waals surface area contributed by atoms with Gasteiger partial charge < -0.3 is 15.7 Å². The maximum Gasteiger partial charge on any atom is 0.283 e. The van der Waals surface area contributed by atoms with Gasteiger partial charge in [0.1, 0.15) is 0 Å². The number of rotatable bonds is 5. The summed E-state index contributed by atoms with van der Waals surface area (Å²) in [5.41, 5.74) is 0. The van der Waals surface area contributed by atoms with E-state index >= 15 is 0 Å². The third kappa shape index (κ3) is 4.76. The second-order valence-corrected chi connectivity index (χ2v) is 5.76. The molecule has 0 saturated carbocycles. The molecule has 5 N–H and O–H groups in total. The summed E-state index contributed by atoms with van der Waals surface area (Å²) in [4.78, 5) is 3.55. The Bertz CT molecular complexity index is 326. The number of aliphatic hydroxyl groups is 2. The molecule has 0 aromatic carbocycles. The number of β-amino-alcohol motifs (C(OH)–C–C–N with tert-alkyl or cyclic N) is 1. The zero-order valence-electron chi connectivity index (χ0n) is 10.4. The van der Waals surface area contributed by atoms with Gasteiger partial charge in [0.05, 0.1) is 12.7 Å². The van der Waals surface area contributed by atoms with Gasteiger partial charge in [-0.15, -0.1) is 0 Å². The van der Waals surface area contributed by atoms with Crippen LogP contribution in [0.15, 0.2) is 0 Å². The lowest BCUT2D eigenvalue weighted by atomic mass is 10.2. The minimum Gasteiger partial charge on any atom is -0.412 e. The van der Waals surface area contributed by atoms with Gasteiger partial charge >= 0.3 is 0 Å². The van der Waals surface area contributed by atoms with Crippen molar-refractivity contribution in [2.45, 2.75) is 18.4 Å². The van der Waals surface area contributed by atoms with Gasteiger partial charge in [-0.3, -0.25) is 14.4 Å². The second kappa shape index (κ2) is 7.34. The topological polar surface area (TPSA) is 133 Å². The SMILES string of the molecule is CC(O)C(N1CCN(CCO)CC1)S(=O)(=O)O.O. The monoisotopic (exact) mass is 286 g/mol. The molecule has 1 saturated heterocycles. The van der Waals surface area contributed by atoms with E-state index in [1.165, 1.54) is 6.92 Å². The molecule has 9 heteroatoms. The van der Waals surface area contributed by atoms with Crippen LogP contribution in [0.4, 0.5) is 0 Å². The first-order chi connectivity index (χ1) is 7.86. The van der Waals surface area contributed by atoms with Crippen molar-refractivity contribution >= 4 is 10.1 Å². The Balaban J connectivity index is 0.00000289. The summed E-state index contributed by atoms with van der Waals surface area (Å²) >= 11 is 0. The van der Waals surface area contributed by atoms with Gasteiger partial charge in [-0.1, -0.05) is 0 Å². The minimum absolute atomic E-state index is 0. The third-order valence-corrected chi connectivity index (χ3v) is 4.20. The Morgan fingerprint density at radius 2 is 1.72 bits per heavy atom. The Labute approximate surface area is 107 Å². The summed E-state index contributed by atoms with van der Waals surface area (Å²) in [5.74, 6) is 0. The van der Waals surface area contributed by atoms with Gasteiger partial charge in [-0.05, 0) is 6.92 Å². The molecule has 0 radical (unpaired) electrons. The molecule has 2 unspecified atom stereocenters. The van der Waals surface area contributed by atoms with Crippen molar-refractivity contribution in [3.05, 3.63) is 0 Å². The van der Waals surface area contributed by atoms with E-state index in [2.05, 4.69) is 0 Å². The van der Waals surface area contributed by atoms with E-state index in [9.17, 15) is 13.5 Å². The fourth-order valence-corrected chi connectivity index (χ4v) is 3.21. The van der Waals surface area contributed by atoms with Gasteiger partial charge in [0.15, 0.2) is 5.37 Å². The Morgan fingerprint density at radius 1 is 1.22 bits per heavy atom. The Hall–Kier alpha value is -0.290. The smallest absolute Gasteiger partial charge is 0.283 e. The largest absolute Gasteiger partial charge is 0.412 e. The van der Waals surface area contributed by atoms with Crippen LogP contribution in [-0.2, 0) is 10.1 Å². The number of hydrogen-bond acceptors (Lipinski definition) is 6. The molecular formula is C9H22N2O6S. The van der Waals surface area contributed by atoms with Crippen LogP contribution in [0.25, 0.3) is 0 Å². The first kappa shape index (κ1) is 17.7. The zero-order valence-corrected chi connectivity index (χ0v) is 11.2. The van der Waals surface area contributed by atoms with E-state index in [0.29, 0.717) is 32.7 Å². The van der Waals surface area contributed by atoms with E-state index in [1.807, 2.05) is 4.90 Å². The molecule has 0 aromatic rings. The van der Waals surface area contributed by atoms with Gasteiger partial charge in [-0.2, -0.15) is 8.42 Å². The van der Waals surface area contributed by atoms with Crippen LogP contribution in [0.5, 0.6) is 0 Å². The van der Waals surface area contributed by atoms with E-state index in [1.54, 1.807) is 4.90 Å². The molecule has 1 rings (SSSR count). The molecule has 8 nitrogen and oxygen atoms in total. The van der Waals surface area contributed by atoms with Crippen LogP contribution in [0.2, 0.25) is 0 Å². The number of nitrogens with zero attached hydrogens (tertiary/aromatic N) is 2. The lowest BCUT2D eigenvalue weighted by Crippen LogP contribution is -2.56. The predicted molar refractivity (Wildman–Crippen MR) is 65.7 cm³/mol. The van der Waals surface area contributed by atoms with Gasteiger partial charge in [0.25, 0.3) is 10.1 Å². The molecule has 0 spiro atoms. The van der Waals surface area contributed by atoms with Crippen molar-refractivity contribution in [3.8, 4) is 0 Å². The van der Waals surface area contributed by atoms with E-state index in [4.69, 9.17) is 9.66 Å². The molecular weight excluding hydrogens is 264 g/mol. The van der Waals surface area contributed by atoms with E-state index in [0.717, 1.165) is 0 Å². The summed E-state index contributed by atoms with van der Waals surface area (Å²) in [6.45, 7) is 4.07. The number of hydrogen-bond donors (Lipinski definition) is 3. The Morgan fingerprint density at radius 3 is 2.06 bits per heavy atom. The van der Waals surface area contributed by atoms with Crippen molar-refractivity contribution < 1.29 is 28.7 Å². The minimum atomic E-state index is -4.29. The van der Waals surface area contributed by atoms with Crippen molar-refractivity contribution in [2.24, 2.45) is 0 Å². The molecule has 18 heavy (non-hydrogen) atoms. The van der Waals surface area contributed by atoms with Crippen LogP contribution < -0.4 is 0 Å². The fourth-order valence-electron chi connectivity index (χ4n) is 2.13. The maximum atomic E-state index is 11.2. The predicted octanol–water partition coefficient (Wildman–Crippen LogP) is -2.63. The zero-order chi connectivity index (χ0) is 13.1. The van der Waals surface area contributed by atoms with Crippen molar-refractivity contribution in [3.63, 3.8) is 0 Å². The van der Waals surface area contributed by atoms with Crippen molar-refractivity contribution in [2.75, 3.05) is 39.3 Å². The van der Waals surface area contributed by atoms with Crippen LogP contribution in [0, 0.1) is 0 Å². The second-order valence-electron chi connectivity index (χ2n) is 4.25. The highest BCUT2D eigenvalue weighted by molar-refractivity contribution is 7.86. The van der Waals surface area contributed by atoms with Gasteiger partial charge in [0, 0.05) is 32.7 Å². The first-order valence-electron chi connectivity index (χ1n) is 5.58. The normalized spacial score (nSPS) is 22.2. The summed E-state index contributed by atoms with van der Waals surface area (Å²) in [6.07, 6.45) is -1.14. The molecule has 1 aliphatic rings. The summed E-state index contributed by atoms with van der Waals surface area (Å²) in [6, 6.07) is 0. The third-order valence-electron chi connectivity index (χ3n) is 2.90. The molecule has 2 atom stereocenters. The maximum absolute atomic E-state index is 11.2. The molecule has 0 amide bonds. The van der Waals surface area contributed by atoms with Crippen LogP contribution in [-0.4, -0.2) is 89.3 Å². The highest BCUT2D eigenvalue weighted by Gasteiger charge is 2.35. The summed E-state index contributed by atoms with van der Waals surface area (Å²) in [5, 5.41) is 16.9. The molecule has 1 aliphatic heterocycles. The standard InChI is InChI=1S/C9H20N2O5S.H2O/c1-8(13)9(17(14,15)16)11-4-2-10(3-5-11)6-7-12;/h8-9,12-13H,2-7H2,1H3,(H,14,15,16);1H2. The van der Waals surface area contributed by atoms with Gasteiger partial charge in [-0.25, -0.2) is 0 Å². The molecule has 1 fully saturated rings.